The van der Waals surface area contributed by atoms with Crippen molar-refractivity contribution in [3.8, 4) is 5.75 Å². The molecule has 0 unspecified atom stereocenters. The summed E-state index contributed by atoms with van der Waals surface area (Å²) in [5.74, 6) is -0.551. The van der Waals surface area contributed by atoms with E-state index < -0.39 is 11.9 Å². The number of fused-ring (bicyclic) bond motifs is 2. The van der Waals surface area contributed by atoms with Crippen molar-refractivity contribution < 1.29 is 19.1 Å². The third kappa shape index (κ3) is 5.37. The van der Waals surface area contributed by atoms with E-state index in [1.165, 1.54) is 10.5 Å². The molecule has 4 aromatic rings. The molecule has 3 heterocycles. The largest absolute Gasteiger partial charge is 0.494 e. The van der Waals surface area contributed by atoms with Crippen LogP contribution in [0, 0.1) is 6.92 Å². The van der Waals surface area contributed by atoms with Crippen molar-refractivity contribution >= 4 is 28.6 Å². The van der Waals surface area contributed by atoms with E-state index in [2.05, 4.69) is 11.9 Å². The van der Waals surface area contributed by atoms with Crippen LogP contribution in [0.4, 0.5) is 0 Å². The van der Waals surface area contributed by atoms with Gasteiger partial charge in [-0.25, -0.2) is 9.78 Å². The Hall–Kier alpha value is -4.27. The lowest BCUT2D eigenvalue weighted by Gasteiger charge is -2.15. The number of esters is 1. The zero-order valence-electron chi connectivity index (χ0n) is 22.2. The second kappa shape index (κ2) is 11.9. The molecule has 3 aromatic heterocycles. The lowest BCUT2D eigenvalue weighted by Crippen LogP contribution is -2.33. The number of aromatic nitrogens is 3. The summed E-state index contributed by atoms with van der Waals surface area (Å²) in [7, 11) is 0. The van der Waals surface area contributed by atoms with E-state index in [9.17, 15) is 14.4 Å². The number of rotatable bonds is 9. The number of carbonyl (C=O) groups is 2. The zero-order valence-corrected chi connectivity index (χ0v) is 22.2. The molecule has 0 atom stereocenters. The molecule has 38 heavy (non-hydrogen) atoms. The number of carbonyl (C=O) groups excluding carboxylic acids is 2. The van der Waals surface area contributed by atoms with Gasteiger partial charge in [-0.05, 0) is 69.2 Å². The van der Waals surface area contributed by atoms with Gasteiger partial charge in [-0.15, -0.1) is 0 Å². The Morgan fingerprint density at radius 3 is 2.45 bits per heavy atom. The van der Waals surface area contributed by atoms with Gasteiger partial charge in [-0.3, -0.25) is 14.0 Å². The summed E-state index contributed by atoms with van der Waals surface area (Å²) in [6, 6.07) is 11.8. The summed E-state index contributed by atoms with van der Waals surface area (Å²) in [5.41, 5.74) is 1.88. The average molecular weight is 517 g/mol. The van der Waals surface area contributed by atoms with Crippen LogP contribution in [-0.2, 0) is 11.3 Å². The molecule has 0 N–H and O–H groups in total. The number of amides is 1. The Labute approximate surface area is 220 Å². The van der Waals surface area contributed by atoms with Gasteiger partial charge < -0.3 is 14.0 Å². The maximum absolute atomic E-state index is 13.5. The predicted octanol–water partition coefficient (Wildman–Crippen LogP) is 4.46. The molecule has 0 bridgehead atoms. The van der Waals surface area contributed by atoms with E-state index in [-0.39, 0.29) is 28.6 Å². The molecule has 0 aliphatic heterocycles. The van der Waals surface area contributed by atoms with Gasteiger partial charge in [0.25, 0.3) is 11.5 Å². The summed E-state index contributed by atoms with van der Waals surface area (Å²) >= 11 is 0. The Balaban J connectivity index is 2.04. The third-order valence-electron chi connectivity index (χ3n) is 6.21. The molecule has 9 heteroatoms. The second-order valence-corrected chi connectivity index (χ2v) is 8.87. The Morgan fingerprint density at radius 1 is 1.00 bits per heavy atom. The molecular weight excluding hydrogens is 484 g/mol. The molecule has 1 amide bonds. The van der Waals surface area contributed by atoms with Gasteiger partial charge in [0.1, 0.15) is 22.6 Å². The Bertz CT molecular complexity index is 1620. The highest BCUT2D eigenvalue weighted by Crippen LogP contribution is 2.16. The molecule has 0 saturated carbocycles. The minimum absolute atomic E-state index is 0.0432. The quantitative estimate of drug-likeness (QED) is 0.185. The predicted molar refractivity (Wildman–Crippen MR) is 145 cm³/mol. The molecule has 4 rings (SSSR count). The van der Waals surface area contributed by atoms with Crippen molar-refractivity contribution in [1.29, 1.82) is 0 Å². The first-order valence-corrected chi connectivity index (χ1v) is 12.9. The van der Waals surface area contributed by atoms with Crippen molar-refractivity contribution in [2.75, 3.05) is 13.2 Å². The zero-order chi connectivity index (χ0) is 27.2. The van der Waals surface area contributed by atoms with Crippen molar-refractivity contribution in [2.45, 2.75) is 53.5 Å². The lowest BCUT2D eigenvalue weighted by molar-refractivity contribution is 0.0523. The van der Waals surface area contributed by atoms with Crippen molar-refractivity contribution in [3.05, 3.63) is 81.2 Å². The van der Waals surface area contributed by atoms with Crippen LogP contribution in [0.15, 0.2) is 58.4 Å². The van der Waals surface area contributed by atoms with Crippen LogP contribution in [0.2, 0.25) is 0 Å². The molecule has 0 saturated heterocycles. The minimum atomic E-state index is -0.661. The number of aryl methyl sites for hydroxylation is 2. The van der Waals surface area contributed by atoms with Crippen LogP contribution in [0.25, 0.3) is 16.7 Å². The normalized spacial score (nSPS) is 11.7. The van der Waals surface area contributed by atoms with E-state index in [1.807, 2.05) is 19.9 Å². The molecule has 9 nitrogen and oxygen atoms in total. The highest BCUT2D eigenvalue weighted by molar-refractivity contribution is 5.97. The highest BCUT2D eigenvalue weighted by atomic mass is 16.5. The van der Waals surface area contributed by atoms with Crippen LogP contribution in [0.5, 0.6) is 5.75 Å². The standard InChI is InChI=1S/C29H32N4O5/c1-5-8-9-16-32-25-22(28(35)33-17-10-11-19(4)24(33)30-25)18-23(29(36)38-7-3)26(32)31-27(34)20-12-14-21(15-13-20)37-6-2/h10-15,17-18H,5-9,16H2,1-4H3. The molecule has 1 aromatic carbocycles. The average Bonchev–Trinajstić information content (AvgIpc) is 2.91. The number of nitrogens with zero attached hydrogens (tertiary/aromatic N) is 4. The Kier molecular flexibility index (Phi) is 8.35. The number of unbranched alkanes of at least 4 members (excludes halogenated alkanes) is 2. The summed E-state index contributed by atoms with van der Waals surface area (Å²) in [5, 5.41) is 0.250. The van der Waals surface area contributed by atoms with Gasteiger partial charge in [0.15, 0.2) is 5.49 Å². The van der Waals surface area contributed by atoms with E-state index in [1.54, 1.807) is 48.0 Å². The van der Waals surface area contributed by atoms with Crippen molar-refractivity contribution in [3.63, 3.8) is 0 Å². The molecule has 0 aliphatic rings. The topological polar surface area (TPSA) is 104 Å². The van der Waals surface area contributed by atoms with E-state index in [0.29, 0.717) is 35.8 Å². The first-order chi connectivity index (χ1) is 18.4. The van der Waals surface area contributed by atoms with Gasteiger partial charge in [0, 0.05) is 18.3 Å². The highest BCUT2D eigenvalue weighted by Gasteiger charge is 2.20. The smallest absolute Gasteiger partial charge is 0.341 e. The maximum atomic E-state index is 13.5. The van der Waals surface area contributed by atoms with Crippen molar-refractivity contribution in [1.82, 2.24) is 14.0 Å². The van der Waals surface area contributed by atoms with Crippen LogP contribution in [0.3, 0.4) is 0 Å². The summed E-state index contributed by atoms with van der Waals surface area (Å²) in [4.78, 5) is 49.2. The molecular formula is C29H32N4O5. The minimum Gasteiger partial charge on any atom is -0.494 e. The van der Waals surface area contributed by atoms with E-state index in [4.69, 9.17) is 14.5 Å². The lowest BCUT2D eigenvalue weighted by atomic mass is 10.1. The van der Waals surface area contributed by atoms with Gasteiger partial charge in [-0.2, -0.15) is 4.99 Å². The number of hydrogen-bond acceptors (Lipinski definition) is 6. The summed E-state index contributed by atoms with van der Waals surface area (Å²) in [6.45, 7) is 8.60. The van der Waals surface area contributed by atoms with Gasteiger partial charge >= 0.3 is 5.97 Å². The fraction of sp³-hybridized carbons (Fsp3) is 0.345. The molecule has 0 radical (unpaired) electrons. The van der Waals surface area contributed by atoms with Crippen LogP contribution in [0.1, 0.15) is 66.3 Å². The maximum Gasteiger partial charge on any atom is 0.341 e. The van der Waals surface area contributed by atoms with Gasteiger partial charge in [0.05, 0.1) is 18.6 Å². The molecule has 198 valence electrons. The molecule has 0 spiro atoms. The number of benzene rings is 1. The van der Waals surface area contributed by atoms with E-state index >= 15 is 0 Å². The fourth-order valence-corrected chi connectivity index (χ4v) is 4.32. The number of pyridine rings is 2. The van der Waals surface area contributed by atoms with E-state index in [0.717, 1.165) is 24.8 Å². The van der Waals surface area contributed by atoms with Crippen molar-refractivity contribution in [2.24, 2.45) is 4.99 Å². The number of hydrogen-bond donors (Lipinski definition) is 0. The molecule has 0 fully saturated rings. The van der Waals surface area contributed by atoms with Gasteiger partial charge in [0.2, 0.25) is 0 Å². The Morgan fingerprint density at radius 2 is 1.76 bits per heavy atom. The van der Waals surface area contributed by atoms with Gasteiger partial charge in [-0.1, -0.05) is 25.8 Å². The van der Waals surface area contributed by atoms with Crippen LogP contribution >= 0.6 is 0 Å². The monoisotopic (exact) mass is 516 g/mol. The summed E-state index contributed by atoms with van der Waals surface area (Å²) in [6.07, 6.45) is 4.27. The first kappa shape index (κ1) is 26.8. The molecule has 0 aliphatic carbocycles. The number of ether oxygens (including phenoxy) is 2. The SMILES string of the molecule is CCCCCn1c(=NC(=O)c2ccc(OCC)cc2)c(C(=O)OCC)cc2c(=O)n3cccc(C)c3nc21. The van der Waals surface area contributed by atoms with Crippen LogP contribution < -0.4 is 15.8 Å². The summed E-state index contributed by atoms with van der Waals surface area (Å²) < 4.78 is 13.9. The second-order valence-electron chi connectivity index (χ2n) is 8.87. The fourth-order valence-electron chi connectivity index (χ4n) is 4.32. The van der Waals surface area contributed by atoms with Crippen LogP contribution in [-0.4, -0.2) is 39.0 Å². The first-order valence-electron chi connectivity index (χ1n) is 12.9. The third-order valence-corrected chi connectivity index (χ3v) is 6.21.